The molecule has 0 bridgehead atoms. The molecule has 0 unspecified atom stereocenters. The van der Waals surface area contributed by atoms with E-state index in [1.165, 1.54) is 18.7 Å². The first-order valence-electron chi connectivity index (χ1n) is 5.20. The molecule has 0 atom stereocenters. The van der Waals surface area contributed by atoms with Crippen LogP contribution in [0, 0.1) is 12.7 Å². The number of halogens is 2. The van der Waals surface area contributed by atoms with Crippen molar-refractivity contribution in [1.29, 1.82) is 0 Å². The van der Waals surface area contributed by atoms with E-state index in [1.807, 2.05) is 18.2 Å². The molecule has 0 aliphatic rings. The van der Waals surface area contributed by atoms with E-state index < -0.39 is 11.4 Å². The maximum absolute atomic E-state index is 13.1. The van der Waals surface area contributed by atoms with Gasteiger partial charge < -0.3 is 4.98 Å². The van der Waals surface area contributed by atoms with Crippen LogP contribution in [0.1, 0.15) is 11.5 Å². The zero-order chi connectivity index (χ0) is 13.1. The van der Waals surface area contributed by atoms with Crippen molar-refractivity contribution in [2.75, 3.05) is 0 Å². The summed E-state index contributed by atoms with van der Waals surface area (Å²) in [5.41, 5.74) is -0.634. The van der Waals surface area contributed by atoms with Crippen molar-refractivity contribution in [3.05, 3.63) is 57.0 Å². The van der Waals surface area contributed by atoms with Gasteiger partial charge in [0, 0.05) is 4.90 Å². The lowest BCUT2D eigenvalue weighted by molar-refractivity contribution is 0.584. The van der Waals surface area contributed by atoms with Crippen molar-refractivity contribution < 1.29 is 4.39 Å². The van der Waals surface area contributed by atoms with E-state index in [9.17, 15) is 9.18 Å². The predicted octanol–water partition coefficient (Wildman–Crippen LogP) is 3.16. The Morgan fingerprint density at radius 1 is 1.44 bits per heavy atom. The molecule has 0 aliphatic carbocycles. The molecule has 1 aromatic carbocycles. The van der Waals surface area contributed by atoms with Crippen molar-refractivity contribution in [3.63, 3.8) is 0 Å². The summed E-state index contributed by atoms with van der Waals surface area (Å²) in [7, 11) is 0. The van der Waals surface area contributed by atoms with Crippen molar-refractivity contribution >= 4 is 23.4 Å². The summed E-state index contributed by atoms with van der Waals surface area (Å²) in [5, 5.41) is 0.642. The summed E-state index contributed by atoms with van der Waals surface area (Å²) < 4.78 is 13.1. The first-order chi connectivity index (χ1) is 8.58. The summed E-state index contributed by atoms with van der Waals surface area (Å²) >= 11 is 7.44. The van der Waals surface area contributed by atoms with E-state index in [2.05, 4.69) is 9.97 Å². The van der Waals surface area contributed by atoms with Gasteiger partial charge in [0.15, 0.2) is 0 Å². The Morgan fingerprint density at radius 2 is 2.17 bits per heavy atom. The molecule has 2 aromatic rings. The quantitative estimate of drug-likeness (QED) is 0.881. The topological polar surface area (TPSA) is 45.8 Å². The highest BCUT2D eigenvalue weighted by Gasteiger charge is 2.08. The molecule has 0 fully saturated rings. The van der Waals surface area contributed by atoms with Gasteiger partial charge in [-0.3, -0.25) is 4.79 Å². The van der Waals surface area contributed by atoms with Crippen LogP contribution in [-0.2, 0) is 5.75 Å². The lowest BCUT2D eigenvalue weighted by Crippen LogP contribution is -2.16. The lowest BCUT2D eigenvalue weighted by atomic mass is 10.4. The van der Waals surface area contributed by atoms with Crippen LogP contribution in [0.15, 0.2) is 34.0 Å². The smallest absolute Gasteiger partial charge is 0.287 e. The Kier molecular flexibility index (Phi) is 4.04. The Morgan fingerprint density at radius 3 is 2.83 bits per heavy atom. The van der Waals surface area contributed by atoms with Gasteiger partial charge in [-0.15, -0.1) is 11.8 Å². The SMILES string of the molecule is Cc1nc(CSc2ccccc2Cl)[nH]c(=O)c1F. The van der Waals surface area contributed by atoms with Gasteiger partial charge in [-0.2, -0.15) is 4.39 Å². The minimum Gasteiger partial charge on any atom is -0.307 e. The second kappa shape index (κ2) is 5.54. The lowest BCUT2D eigenvalue weighted by Gasteiger charge is -2.04. The van der Waals surface area contributed by atoms with Crippen molar-refractivity contribution in [1.82, 2.24) is 9.97 Å². The number of hydrogen-bond donors (Lipinski definition) is 1. The number of H-pyrrole nitrogens is 1. The summed E-state index contributed by atoms with van der Waals surface area (Å²) in [5.74, 6) is 0.0328. The normalized spacial score (nSPS) is 10.6. The van der Waals surface area contributed by atoms with Gasteiger partial charge in [0.05, 0.1) is 16.5 Å². The molecule has 0 saturated heterocycles. The van der Waals surface area contributed by atoms with Crippen LogP contribution in [0.4, 0.5) is 4.39 Å². The third-order valence-electron chi connectivity index (χ3n) is 2.28. The number of nitrogens with zero attached hydrogens (tertiary/aromatic N) is 1. The fourth-order valence-corrected chi connectivity index (χ4v) is 2.52. The van der Waals surface area contributed by atoms with Gasteiger partial charge in [-0.1, -0.05) is 23.7 Å². The third kappa shape index (κ3) is 2.91. The Balaban J connectivity index is 2.17. The Hall–Kier alpha value is -1.33. The minimum atomic E-state index is -0.832. The molecule has 0 saturated carbocycles. The van der Waals surface area contributed by atoms with Gasteiger partial charge in [0.1, 0.15) is 5.82 Å². The zero-order valence-corrected chi connectivity index (χ0v) is 11.1. The molecule has 1 heterocycles. The number of rotatable bonds is 3. The molecule has 94 valence electrons. The molecule has 0 aliphatic heterocycles. The molecule has 0 spiro atoms. The number of hydrogen-bond acceptors (Lipinski definition) is 3. The molecular formula is C12H10ClFN2OS. The highest BCUT2D eigenvalue weighted by atomic mass is 35.5. The molecule has 6 heteroatoms. The molecular weight excluding hydrogens is 275 g/mol. The van der Waals surface area contributed by atoms with Crippen LogP contribution >= 0.6 is 23.4 Å². The maximum Gasteiger partial charge on any atom is 0.287 e. The summed E-state index contributed by atoms with van der Waals surface area (Å²) in [6.45, 7) is 1.47. The minimum absolute atomic E-state index is 0.105. The molecule has 18 heavy (non-hydrogen) atoms. The van der Waals surface area contributed by atoms with E-state index in [0.717, 1.165) is 4.90 Å². The van der Waals surface area contributed by atoms with Gasteiger partial charge in [0.2, 0.25) is 5.82 Å². The van der Waals surface area contributed by atoms with Crippen molar-refractivity contribution in [2.45, 2.75) is 17.6 Å². The van der Waals surface area contributed by atoms with Crippen molar-refractivity contribution in [3.8, 4) is 0 Å². The highest BCUT2D eigenvalue weighted by Crippen LogP contribution is 2.28. The molecule has 0 radical (unpaired) electrons. The summed E-state index contributed by atoms with van der Waals surface area (Å²) in [6, 6.07) is 7.38. The number of aryl methyl sites for hydroxylation is 1. The Labute approximate surface area is 112 Å². The second-order valence-electron chi connectivity index (χ2n) is 3.63. The first kappa shape index (κ1) is 13.1. The maximum atomic E-state index is 13.1. The van der Waals surface area contributed by atoms with Gasteiger partial charge in [-0.25, -0.2) is 4.98 Å². The van der Waals surface area contributed by atoms with Gasteiger partial charge in [0.25, 0.3) is 5.56 Å². The van der Waals surface area contributed by atoms with E-state index in [0.29, 0.717) is 16.6 Å². The monoisotopic (exact) mass is 284 g/mol. The predicted molar refractivity (Wildman–Crippen MR) is 70.6 cm³/mol. The second-order valence-corrected chi connectivity index (χ2v) is 5.06. The standard InChI is InChI=1S/C12H10ClFN2OS/c1-7-11(14)12(17)16-10(15-7)6-18-9-5-3-2-4-8(9)13/h2-5H,6H2,1H3,(H,15,16,17). The van der Waals surface area contributed by atoms with Crippen LogP contribution in [0.25, 0.3) is 0 Å². The zero-order valence-electron chi connectivity index (χ0n) is 9.54. The number of nitrogens with one attached hydrogen (secondary N) is 1. The Bertz CT molecular complexity index is 630. The van der Waals surface area contributed by atoms with Gasteiger partial charge >= 0.3 is 0 Å². The average Bonchev–Trinajstić information content (AvgIpc) is 2.35. The number of aromatic nitrogens is 2. The highest BCUT2D eigenvalue weighted by molar-refractivity contribution is 7.98. The van der Waals surface area contributed by atoms with E-state index >= 15 is 0 Å². The summed E-state index contributed by atoms with van der Waals surface area (Å²) in [6.07, 6.45) is 0. The van der Waals surface area contributed by atoms with E-state index in [-0.39, 0.29) is 5.69 Å². The van der Waals surface area contributed by atoms with Crippen LogP contribution in [0.3, 0.4) is 0 Å². The number of aromatic amines is 1. The van der Waals surface area contributed by atoms with E-state index in [1.54, 1.807) is 6.07 Å². The van der Waals surface area contributed by atoms with E-state index in [4.69, 9.17) is 11.6 Å². The molecule has 2 rings (SSSR count). The van der Waals surface area contributed by atoms with Crippen LogP contribution < -0.4 is 5.56 Å². The molecule has 1 N–H and O–H groups in total. The molecule has 1 aromatic heterocycles. The largest absolute Gasteiger partial charge is 0.307 e. The summed E-state index contributed by atoms with van der Waals surface area (Å²) in [4.78, 5) is 18.5. The fourth-order valence-electron chi connectivity index (χ4n) is 1.41. The van der Waals surface area contributed by atoms with Crippen LogP contribution in [0.5, 0.6) is 0 Å². The number of thioether (sulfide) groups is 1. The molecule has 3 nitrogen and oxygen atoms in total. The first-order valence-corrected chi connectivity index (χ1v) is 6.57. The van der Waals surface area contributed by atoms with Crippen LogP contribution in [0.2, 0.25) is 5.02 Å². The van der Waals surface area contributed by atoms with Gasteiger partial charge in [-0.05, 0) is 19.1 Å². The van der Waals surface area contributed by atoms with Crippen LogP contribution in [-0.4, -0.2) is 9.97 Å². The average molecular weight is 285 g/mol. The fraction of sp³-hybridized carbons (Fsp3) is 0.167. The van der Waals surface area contributed by atoms with Crippen molar-refractivity contribution in [2.24, 2.45) is 0 Å². The number of benzene rings is 1. The molecule has 0 amide bonds. The third-order valence-corrected chi connectivity index (χ3v) is 3.80.